The third-order valence-electron chi connectivity index (χ3n) is 1.66. The van der Waals surface area contributed by atoms with E-state index in [2.05, 4.69) is 24.6 Å². The van der Waals surface area contributed by atoms with Crippen LogP contribution in [0.2, 0.25) is 0 Å². The van der Waals surface area contributed by atoms with Crippen molar-refractivity contribution in [2.75, 3.05) is 0 Å². The molecular weight excluding hydrogens is 168 g/mol. The second-order valence-corrected chi connectivity index (χ2v) is 2.82. The van der Waals surface area contributed by atoms with Gasteiger partial charge in [-0.2, -0.15) is 0 Å². The summed E-state index contributed by atoms with van der Waals surface area (Å²) in [6.07, 6.45) is 27.5. The molecule has 0 nitrogen and oxygen atoms in total. The van der Waals surface area contributed by atoms with Gasteiger partial charge < -0.3 is 0 Å². The highest BCUT2D eigenvalue weighted by Crippen LogP contribution is 1.93. The van der Waals surface area contributed by atoms with Gasteiger partial charge in [-0.15, -0.1) is 0 Å². The summed E-state index contributed by atoms with van der Waals surface area (Å²) in [4.78, 5) is 0. The van der Waals surface area contributed by atoms with Crippen LogP contribution in [0.5, 0.6) is 0 Å². The van der Waals surface area contributed by atoms with Crippen LogP contribution >= 0.6 is 0 Å². The average Bonchev–Trinajstić information content (AvgIpc) is 2.22. The molecule has 0 aliphatic heterocycles. The standard InChI is InChI=1S/C14H15/c1-2-4-6-8-10-12-14-13-11-9-7-5-3-1/h1-13H,14H2/b2-1-,5-3+,6-4+,9-7-,10-8+,13-11+. The van der Waals surface area contributed by atoms with Gasteiger partial charge in [0.15, 0.2) is 0 Å². The first-order chi connectivity index (χ1) is 7.00. The van der Waals surface area contributed by atoms with Crippen LogP contribution in [-0.4, -0.2) is 0 Å². The molecule has 0 N–H and O–H groups in total. The summed E-state index contributed by atoms with van der Waals surface area (Å²) < 4.78 is 0. The number of hydrogen-bond donors (Lipinski definition) is 0. The summed E-state index contributed by atoms with van der Waals surface area (Å²) in [7, 11) is 0. The Labute approximate surface area is 86.3 Å². The van der Waals surface area contributed by atoms with Crippen LogP contribution in [-0.2, 0) is 0 Å². The molecule has 1 aliphatic carbocycles. The van der Waals surface area contributed by atoms with Gasteiger partial charge in [-0.05, 0) is 12.8 Å². The predicted molar refractivity (Wildman–Crippen MR) is 63.8 cm³/mol. The zero-order valence-corrected chi connectivity index (χ0v) is 8.21. The molecular formula is C14H15. The van der Waals surface area contributed by atoms with Gasteiger partial charge in [0.25, 0.3) is 0 Å². The van der Waals surface area contributed by atoms with Crippen molar-refractivity contribution < 1.29 is 0 Å². The van der Waals surface area contributed by atoms with E-state index in [9.17, 15) is 0 Å². The van der Waals surface area contributed by atoms with E-state index in [4.69, 9.17) is 0 Å². The molecule has 0 aromatic heterocycles. The number of allylic oxidation sites excluding steroid dienone is 12. The molecule has 1 aliphatic rings. The van der Waals surface area contributed by atoms with Gasteiger partial charge in [0, 0.05) is 0 Å². The van der Waals surface area contributed by atoms with Crippen molar-refractivity contribution in [3.63, 3.8) is 0 Å². The van der Waals surface area contributed by atoms with Gasteiger partial charge in [0.2, 0.25) is 0 Å². The molecule has 0 aromatic carbocycles. The molecule has 0 aromatic rings. The first-order valence-electron chi connectivity index (χ1n) is 4.82. The smallest absolute Gasteiger partial charge is 0.0130 e. The molecule has 0 amide bonds. The fourth-order valence-corrected chi connectivity index (χ4v) is 0.970. The van der Waals surface area contributed by atoms with Crippen molar-refractivity contribution in [2.45, 2.75) is 6.42 Å². The van der Waals surface area contributed by atoms with Crippen molar-refractivity contribution in [1.82, 2.24) is 0 Å². The van der Waals surface area contributed by atoms with E-state index in [1.165, 1.54) is 0 Å². The Hall–Kier alpha value is -1.56. The Kier molecular flexibility index (Phi) is 6.05. The van der Waals surface area contributed by atoms with Crippen molar-refractivity contribution in [3.05, 3.63) is 79.3 Å². The molecule has 0 heteroatoms. The second kappa shape index (κ2) is 8.06. The van der Waals surface area contributed by atoms with Crippen LogP contribution < -0.4 is 0 Å². The van der Waals surface area contributed by atoms with Crippen LogP contribution in [0.3, 0.4) is 0 Å². The highest BCUT2D eigenvalue weighted by Gasteiger charge is 1.74. The maximum absolute atomic E-state index is 2.12. The summed E-state index contributed by atoms with van der Waals surface area (Å²) in [5.74, 6) is 0. The summed E-state index contributed by atoms with van der Waals surface area (Å²) in [6.45, 7) is 0. The summed E-state index contributed by atoms with van der Waals surface area (Å²) in [5, 5.41) is 0. The number of rotatable bonds is 0. The lowest BCUT2D eigenvalue weighted by molar-refractivity contribution is 1.29. The molecule has 0 saturated carbocycles. The van der Waals surface area contributed by atoms with Crippen LogP contribution in [0.1, 0.15) is 6.42 Å². The Bertz CT molecular complexity index is 264. The van der Waals surface area contributed by atoms with Crippen molar-refractivity contribution >= 4 is 0 Å². The van der Waals surface area contributed by atoms with Gasteiger partial charge >= 0.3 is 0 Å². The lowest BCUT2D eigenvalue weighted by Crippen LogP contribution is -1.65. The highest BCUT2D eigenvalue weighted by molar-refractivity contribution is 5.21. The van der Waals surface area contributed by atoms with E-state index in [-0.39, 0.29) is 0 Å². The normalized spacial score (nSPS) is 30.9. The molecule has 71 valence electrons. The minimum atomic E-state index is 0.980. The van der Waals surface area contributed by atoms with E-state index in [0.29, 0.717) is 0 Å². The van der Waals surface area contributed by atoms with E-state index in [0.717, 1.165) is 6.42 Å². The zero-order valence-electron chi connectivity index (χ0n) is 8.21. The van der Waals surface area contributed by atoms with E-state index >= 15 is 0 Å². The molecule has 0 heterocycles. The SMILES string of the molecule is [CH]1/C=C/C=C/C=C\C=C\C=C/C=C/C1. The van der Waals surface area contributed by atoms with Gasteiger partial charge in [-0.1, -0.05) is 72.9 Å². The van der Waals surface area contributed by atoms with Gasteiger partial charge in [0.1, 0.15) is 0 Å². The second-order valence-electron chi connectivity index (χ2n) is 2.82. The molecule has 0 saturated heterocycles. The van der Waals surface area contributed by atoms with Gasteiger partial charge in [-0.3, -0.25) is 0 Å². The van der Waals surface area contributed by atoms with Crippen molar-refractivity contribution in [3.8, 4) is 0 Å². The molecule has 0 spiro atoms. The summed E-state index contributed by atoms with van der Waals surface area (Å²) >= 11 is 0. The molecule has 1 radical (unpaired) electrons. The first kappa shape index (κ1) is 10.5. The lowest BCUT2D eigenvalue weighted by Gasteiger charge is -1.84. The summed E-state index contributed by atoms with van der Waals surface area (Å²) in [6, 6.07) is 0. The third-order valence-corrected chi connectivity index (χ3v) is 1.66. The number of hydrogen-bond acceptors (Lipinski definition) is 0. The minimum Gasteiger partial charge on any atom is -0.0839 e. The molecule has 14 heavy (non-hydrogen) atoms. The fraction of sp³-hybridized carbons (Fsp3) is 0.0714. The monoisotopic (exact) mass is 183 g/mol. The van der Waals surface area contributed by atoms with Crippen molar-refractivity contribution in [2.24, 2.45) is 0 Å². The van der Waals surface area contributed by atoms with Crippen LogP contribution in [0.25, 0.3) is 0 Å². The van der Waals surface area contributed by atoms with Crippen LogP contribution in [0.4, 0.5) is 0 Å². The van der Waals surface area contributed by atoms with E-state index in [1.807, 2.05) is 54.7 Å². The fourth-order valence-electron chi connectivity index (χ4n) is 0.970. The molecule has 0 atom stereocenters. The predicted octanol–water partition coefficient (Wildman–Crippen LogP) is 3.93. The average molecular weight is 183 g/mol. The lowest BCUT2D eigenvalue weighted by atomic mass is 10.2. The zero-order chi connectivity index (χ0) is 9.90. The Balaban J connectivity index is 2.56. The maximum Gasteiger partial charge on any atom is -0.0130 e. The van der Waals surface area contributed by atoms with E-state index < -0.39 is 0 Å². The topological polar surface area (TPSA) is 0 Å². The van der Waals surface area contributed by atoms with Crippen LogP contribution in [0, 0.1) is 6.42 Å². The van der Waals surface area contributed by atoms with Crippen molar-refractivity contribution in [1.29, 1.82) is 0 Å². The minimum absolute atomic E-state index is 0.980. The van der Waals surface area contributed by atoms with Gasteiger partial charge in [0.05, 0.1) is 0 Å². The Morgan fingerprint density at radius 1 is 0.429 bits per heavy atom. The molecule has 1 rings (SSSR count). The largest absolute Gasteiger partial charge is 0.0839 e. The Morgan fingerprint density at radius 3 is 1.43 bits per heavy atom. The highest BCUT2D eigenvalue weighted by atomic mass is 13.8. The maximum atomic E-state index is 2.12. The Morgan fingerprint density at radius 2 is 0.857 bits per heavy atom. The molecule has 0 bridgehead atoms. The molecule has 0 unspecified atom stereocenters. The molecule has 0 fully saturated rings. The van der Waals surface area contributed by atoms with Gasteiger partial charge in [-0.25, -0.2) is 0 Å². The third kappa shape index (κ3) is 6.01. The van der Waals surface area contributed by atoms with E-state index in [1.54, 1.807) is 0 Å². The van der Waals surface area contributed by atoms with Crippen LogP contribution in [0.15, 0.2) is 72.9 Å². The first-order valence-corrected chi connectivity index (χ1v) is 4.82. The summed E-state index contributed by atoms with van der Waals surface area (Å²) in [5.41, 5.74) is 0. The quantitative estimate of drug-likeness (QED) is 0.533.